The minimum Gasteiger partial charge on any atom is -0.493 e. The van der Waals surface area contributed by atoms with Crippen molar-refractivity contribution < 1.29 is 14.3 Å². The van der Waals surface area contributed by atoms with Crippen LogP contribution < -0.4 is 19.7 Å². The predicted molar refractivity (Wildman–Crippen MR) is 130 cm³/mol. The number of ether oxygens (including phenoxy) is 2. The molecular weight excluding hydrogens is 414 g/mol. The molecule has 5 rings (SSSR count). The van der Waals surface area contributed by atoms with E-state index in [9.17, 15) is 4.79 Å². The number of anilines is 1. The summed E-state index contributed by atoms with van der Waals surface area (Å²) in [5.41, 5.74) is 4.02. The van der Waals surface area contributed by atoms with E-state index in [-0.39, 0.29) is 11.9 Å². The molecule has 0 spiro atoms. The monoisotopic (exact) mass is 445 g/mol. The third-order valence-corrected chi connectivity index (χ3v) is 6.93. The number of hydrogen-bond acceptors (Lipinski definition) is 5. The van der Waals surface area contributed by atoms with Gasteiger partial charge in [0.2, 0.25) is 0 Å². The average molecular weight is 446 g/mol. The highest BCUT2D eigenvalue weighted by atomic mass is 16.5. The first-order valence-corrected chi connectivity index (χ1v) is 11.9. The standard InChI is InChI=1S/C27H31N3O3/c1-32-24-14-18-12-13-30(17-19(18)15-25(24)33-2)26-16-22(21-10-6-7-11-23(21)29-26)27(31)28-20-8-4-3-5-9-20/h6-7,10-11,14-16,20H,3-5,8-9,12-13,17H2,1-2H3,(H,28,31). The van der Waals surface area contributed by atoms with Crippen molar-refractivity contribution in [2.75, 3.05) is 25.7 Å². The first-order chi connectivity index (χ1) is 16.2. The maximum absolute atomic E-state index is 13.3. The summed E-state index contributed by atoms with van der Waals surface area (Å²) in [5.74, 6) is 2.33. The molecule has 2 heterocycles. The Labute approximate surface area is 194 Å². The Balaban J connectivity index is 1.47. The summed E-state index contributed by atoms with van der Waals surface area (Å²) in [4.78, 5) is 20.5. The molecule has 0 atom stereocenters. The summed E-state index contributed by atoms with van der Waals surface area (Å²) < 4.78 is 11.0. The highest BCUT2D eigenvalue weighted by Gasteiger charge is 2.24. The molecule has 172 valence electrons. The van der Waals surface area contributed by atoms with Crippen molar-refractivity contribution in [2.45, 2.75) is 51.1 Å². The molecule has 1 aliphatic carbocycles. The first-order valence-electron chi connectivity index (χ1n) is 11.9. The number of methoxy groups -OCH3 is 2. The normalized spacial score (nSPS) is 16.4. The second-order valence-corrected chi connectivity index (χ2v) is 9.00. The fourth-order valence-electron chi connectivity index (χ4n) is 5.10. The fraction of sp³-hybridized carbons (Fsp3) is 0.407. The molecular formula is C27H31N3O3. The van der Waals surface area contributed by atoms with E-state index in [2.05, 4.69) is 22.3 Å². The van der Waals surface area contributed by atoms with Crippen LogP contribution in [-0.2, 0) is 13.0 Å². The summed E-state index contributed by atoms with van der Waals surface area (Å²) in [6, 6.07) is 14.3. The van der Waals surface area contributed by atoms with Gasteiger partial charge < -0.3 is 19.7 Å². The van der Waals surface area contributed by atoms with Crippen LogP contribution in [-0.4, -0.2) is 37.7 Å². The first kappa shape index (κ1) is 21.6. The van der Waals surface area contributed by atoms with Crippen LogP contribution in [0.5, 0.6) is 11.5 Å². The van der Waals surface area contributed by atoms with E-state index in [1.54, 1.807) is 14.2 Å². The van der Waals surface area contributed by atoms with E-state index in [1.165, 1.54) is 30.4 Å². The molecule has 1 fully saturated rings. The molecule has 1 aromatic heterocycles. The number of amides is 1. The van der Waals surface area contributed by atoms with Gasteiger partial charge in [0.05, 0.1) is 25.3 Å². The van der Waals surface area contributed by atoms with E-state index in [0.717, 1.165) is 54.0 Å². The van der Waals surface area contributed by atoms with Gasteiger partial charge in [-0.25, -0.2) is 4.98 Å². The van der Waals surface area contributed by atoms with E-state index >= 15 is 0 Å². The number of pyridine rings is 1. The maximum atomic E-state index is 13.3. The lowest BCUT2D eigenvalue weighted by Gasteiger charge is -2.31. The lowest BCUT2D eigenvalue weighted by Crippen LogP contribution is -2.36. The minimum atomic E-state index is 0.00515. The zero-order chi connectivity index (χ0) is 22.8. The molecule has 0 unspecified atom stereocenters. The largest absolute Gasteiger partial charge is 0.493 e. The molecule has 6 heteroatoms. The predicted octanol–water partition coefficient (Wildman–Crippen LogP) is 4.88. The number of hydrogen-bond donors (Lipinski definition) is 1. The number of nitrogens with one attached hydrogen (secondary N) is 1. The summed E-state index contributed by atoms with van der Waals surface area (Å²) >= 11 is 0. The number of fused-ring (bicyclic) bond motifs is 2. The quantitative estimate of drug-likeness (QED) is 0.607. The molecule has 1 amide bonds. The molecule has 2 aliphatic rings. The number of nitrogens with zero attached hydrogens (tertiary/aromatic N) is 2. The summed E-state index contributed by atoms with van der Waals surface area (Å²) in [7, 11) is 3.32. The summed E-state index contributed by atoms with van der Waals surface area (Å²) in [6.07, 6.45) is 6.66. The van der Waals surface area contributed by atoms with Gasteiger partial charge in [-0.3, -0.25) is 4.79 Å². The minimum absolute atomic E-state index is 0.00515. The third kappa shape index (κ3) is 4.34. The second-order valence-electron chi connectivity index (χ2n) is 9.00. The van der Waals surface area contributed by atoms with Crippen LogP contribution in [0.3, 0.4) is 0 Å². The van der Waals surface area contributed by atoms with Crippen LogP contribution in [0.1, 0.15) is 53.6 Å². The Hall–Kier alpha value is -3.28. The van der Waals surface area contributed by atoms with Crippen LogP contribution in [0, 0.1) is 0 Å². The highest BCUT2D eigenvalue weighted by Crippen LogP contribution is 2.35. The van der Waals surface area contributed by atoms with Gasteiger partial charge in [-0.1, -0.05) is 37.5 Å². The lowest BCUT2D eigenvalue weighted by atomic mass is 9.95. The van der Waals surface area contributed by atoms with Crippen LogP contribution in [0.4, 0.5) is 5.82 Å². The van der Waals surface area contributed by atoms with Gasteiger partial charge >= 0.3 is 0 Å². The molecule has 0 radical (unpaired) electrons. The molecule has 1 N–H and O–H groups in total. The van der Waals surface area contributed by atoms with Crippen LogP contribution >= 0.6 is 0 Å². The SMILES string of the molecule is COc1cc2c(cc1OC)CN(c1cc(C(=O)NC3CCCCC3)c3ccccc3n1)CC2. The zero-order valence-electron chi connectivity index (χ0n) is 19.4. The Kier molecular flexibility index (Phi) is 6.07. The molecule has 0 bridgehead atoms. The maximum Gasteiger partial charge on any atom is 0.252 e. The average Bonchev–Trinajstić information content (AvgIpc) is 2.87. The van der Waals surface area contributed by atoms with Gasteiger partial charge in [-0.15, -0.1) is 0 Å². The summed E-state index contributed by atoms with van der Waals surface area (Å²) in [5, 5.41) is 4.19. The van der Waals surface area contributed by atoms with Gasteiger partial charge in [0.15, 0.2) is 11.5 Å². The summed E-state index contributed by atoms with van der Waals surface area (Å²) in [6.45, 7) is 1.54. The van der Waals surface area contributed by atoms with Gasteiger partial charge in [0.1, 0.15) is 5.82 Å². The molecule has 0 saturated heterocycles. The zero-order valence-corrected chi connectivity index (χ0v) is 19.4. The van der Waals surface area contributed by atoms with Crippen molar-refractivity contribution in [1.29, 1.82) is 0 Å². The van der Waals surface area contributed by atoms with Crippen molar-refractivity contribution in [3.05, 3.63) is 59.2 Å². The van der Waals surface area contributed by atoms with E-state index in [1.807, 2.05) is 30.3 Å². The van der Waals surface area contributed by atoms with E-state index < -0.39 is 0 Å². The molecule has 33 heavy (non-hydrogen) atoms. The molecule has 6 nitrogen and oxygen atoms in total. The van der Waals surface area contributed by atoms with Crippen molar-refractivity contribution in [3.63, 3.8) is 0 Å². The number of para-hydroxylation sites is 1. The highest BCUT2D eigenvalue weighted by molar-refractivity contribution is 6.07. The van der Waals surface area contributed by atoms with E-state index in [4.69, 9.17) is 14.5 Å². The van der Waals surface area contributed by atoms with Crippen molar-refractivity contribution in [1.82, 2.24) is 10.3 Å². The van der Waals surface area contributed by atoms with Crippen LogP contribution in [0.2, 0.25) is 0 Å². The Morgan fingerprint density at radius 2 is 1.73 bits per heavy atom. The number of carbonyl (C=O) groups is 1. The molecule has 1 aliphatic heterocycles. The smallest absolute Gasteiger partial charge is 0.252 e. The van der Waals surface area contributed by atoms with Crippen LogP contribution in [0.25, 0.3) is 10.9 Å². The van der Waals surface area contributed by atoms with Crippen molar-refractivity contribution in [2.24, 2.45) is 0 Å². The Morgan fingerprint density at radius 3 is 2.48 bits per heavy atom. The Bertz CT molecular complexity index is 1170. The van der Waals surface area contributed by atoms with Gasteiger partial charge in [0.25, 0.3) is 5.91 Å². The fourth-order valence-corrected chi connectivity index (χ4v) is 5.10. The second kappa shape index (κ2) is 9.30. The van der Waals surface area contributed by atoms with Crippen molar-refractivity contribution >= 4 is 22.6 Å². The Morgan fingerprint density at radius 1 is 1.00 bits per heavy atom. The molecule has 1 saturated carbocycles. The van der Waals surface area contributed by atoms with Gasteiger partial charge in [-0.05, 0) is 54.7 Å². The lowest BCUT2D eigenvalue weighted by molar-refractivity contribution is 0.0929. The van der Waals surface area contributed by atoms with Crippen LogP contribution in [0.15, 0.2) is 42.5 Å². The van der Waals surface area contributed by atoms with Gasteiger partial charge in [0, 0.05) is 24.5 Å². The topological polar surface area (TPSA) is 63.7 Å². The third-order valence-electron chi connectivity index (χ3n) is 6.93. The molecule has 3 aromatic rings. The molecule has 2 aromatic carbocycles. The van der Waals surface area contributed by atoms with Crippen molar-refractivity contribution in [3.8, 4) is 11.5 Å². The number of benzene rings is 2. The number of rotatable bonds is 5. The van der Waals surface area contributed by atoms with E-state index in [0.29, 0.717) is 12.1 Å². The number of carbonyl (C=O) groups excluding carboxylic acids is 1. The number of aromatic nitrogens is 1. The van der Waals surface area contributed by atoms with Gasteiger partial charge in [-0.2, -0.15) is 0 Å².